The minimum absolute atomic E-state index is 0.220. The standard InChI is InChI=1S/C15H20N2OS/c1-2-4-12(18)9-13-14-5-3-7-17(14)15-11(10-16-13)6-8-19-15/h3,5-8,12-13,16,18H,2,4,9-10H2,1H3. The van der Waals surface area contributed by atoms with Gasteiger partial charge in [-0.1, -0.05) is 13.3 Å². The molecule has 2 N–H and O–H groups in total. The molecule has 0 fully saturated rings. The fourth-order valence-corrected chi connectivity index (χ4v) is 3.73. The van der Waals surface area contributed by atoms with Gasteiger partial charge in [-0.15, -0.1) is 11.3 Å². The Morgan fingerprint density at radius 2 is 2.42 bits per heavy atom. The molecule has 1 aliphatic rings. The van der Waals surface area contributed by atoms with Gasteiger partial charge in [-0.3, -0.25) is 0 Å². The first kappa shape index (κ1) is 12.9. The van der Waals surface area contributed by atoms with Crippen molar-refractivity contribution in [2.75, 3.05) is 0 Å². The minimum atomic E-state index is -0.220. The highest BCUT2D eigenvalue weighted by molar-refractivity contribution is 7.12. The lowest BCUT2D eigenvalue weighted by atomic mass is 10.0. The number of thiophene rings is 1. The molecule has 0 spiro atoms. The first-order valence-corrected chi connectivity index (χ1v) is 7.83. The van der Waals surface area contributed by atoms with Crippen LogP contribution >= 0.6 is 11.3 Å². The molecule has 2 atom stereocenters. The third-order valence-electron chi connectivity index (χ3n) is 3.75. The van der Waals surface area contributed by atoms with Crippen molar-refractivity contribution >= 4 is 11.3 Å². The molecule has 3 heterocycles. The molecule has 0 saturated carbocycles. The first-order chi connectivity index (χ1) is 9.29. The normalized spacial score (nSPS) is 19.6. The molecular formula is C15H20N2OS. The number of hydrogen-bond acceptors (Lipinski definition) is 3. The van der Waals surface area contributed by atoms with Gasteiger partial charge >= 0.3 is 0 Å². The molecular weight excluding hydrogens is 256 g/mol. The molecule has 0 bridgehead atoms. The number of hydrogen-bond donors (Lipinski definition) is 2. The van der Waals surface area contributed by atoms with E-state index < -0.39 is 0 Å². The Balaban J connectivity index is 1.88. The van der Waals surface area contributed by atoms with Gasteiger partial charge in [0.25, 0.3) is 0 Å². The zero-order valence-corrected chi connectivity index (χ0v) is 12.0. The average molecular weight is 276 g/mol. The maximum absolute atomic E-state index is 10.1. The Morgan fingerprint density at radius 1 is 1.53 bits per heavy atom. The lowest BCUT2D eigenvalue weighted by Crippen LogP contribution is -2.24. The molecule has 0 amide bonds. The summed E-state index contributed by atoms with van der Waals surface area (Å²) in [7, 11) is 0. The number of rotatable bonds is 4. The smallest absolute Gasteiger partial charge is 0.104 e. The molecule has 19 heavy (non-hydrogen) atoms. The average Bonchev–Trinajstić information content (AvgIpc) is 3.01. The van der Waals surface area contributed by atoms with E-state index in [1.165, 1.54) is 16.3 Å². The predicted molar refractivity (Wildman–Crippen MR) is 78.8 cm³/mol. The summed E-state index contributed by atoms with van der Waals surface area (Å²) < 4.78 is 2.27. The number of aromatic nitrogens is 1. The van der Waals surface area contributed by atoms with Gasteiger partial charge in [0.2, 0.25) is 0 Å². The fourth-order valence-electron chi connectivity index (χ4n) is 2.80. The highest BCUT2D eigenvalue weighted by Gasteiger charge is 2.23. The lowest BCUT2D eigenvalue weighted by Gasteiger charge is -2.20. The molecule has 102 valence electrons. The molecule has 4 heteroatoms. The van der Waals surface area contributed by atoms with Crippen molar-refractivity contribution in [1.29, 1.82) is 0 Å². The van der Waals surface area contributed by atoms with Crippen molar-refractivity contribution < 1.29 is 5.11 Å². The van der Waals surface area contributed by atoms with Gasteiger partial charge in [0, 0.05) is 24.0 Å². The minimum Gasteiger partial charge on any atom is -0.393 e. The van der Waals surface area contributed by atoms with E-state index in [1.54, 1.807) is 11.3 Å². The highest BCUT2D eigenvalue weighted by atomic mass is 32.1. The Bertz CT molecular complexity index is 546. The van der Waals surface area contributed by atoms with Gasteiger partial charge < -0.3 is 15.0 Å². The van der Waals surface area contributed by atoms with Crippen LogP contribution in [0, 0.1) is 0 Å². The van der Waals surface area contributed by atoms with Crippen molar-refractivity contribution in [2.24, 2.45) is 0 Å². The fraction of sp³-hybridized carbons (Fsp3) is 0.467. The zero-order chi connectivity index (χ0) is 13.2. The van der Waals surface area contributed by atoms with Crippen LogP contribution in [0.2, 0.25) is 0 Å². The highest BCUT2D eigenvalue weighted by Crippen LogP contribution is 2.32. The van der Waals surface area contributed by atoms with Crippen molar-refractivity contribution in [1.82, 2.24) is 9.88 Å². The topological polar surface area (TPSA) is 37.2 Å². The summed E-state index contributed by atoms with van der Waals surface area (Å²) >= 11 is 1.78. The molecule has 2 aromatic rings. The van der Waals surface area contributed by atoms with Gasteiger partial charge in [-0.25, -0.2) is 0 Å². The molecule has 2 unspecified atom stereocenters. The van der Waals surface area contributed by atoms with Crippen LogP contribution in [-0.4, -0.2) is 15.8 Å². The number of aliphatic hydroxyl groups excluding tert-OH is 1. The van der Waals surface area contributed by atoms with Crippen LogP contribution in [0.3, 0.4) is 0 Å². The van der Waals surface area contributed by atoms with Crippen LogP contribution in [0.1, 0.15) is 43.5 Å². The van der Waals surface area contributed by atoms with Crippen LogP contribution in [0.15, 0.2) is 29.8 Å². The van der Waals surface area contributed by atoms with Crippen LogP contribution in [-0.2, 0) is 6.54 Å². The lowest BCUT2D eigenvalue weighted by molar-refractivity contribution is 0.138. The number of aliphatic hydroxyl groups is 1. The predicted octanol–water partition coefficient (Wildman–Crippen LogP) is 3.23. The summed E-state index contributed by atoms with van der Waals surface area (Å²) in [5.74, 6) is 0. The maximum Gasteiger partial charge on any atom is 0.104 e. The second-order valence-corrected chi connectivity index (χ2v) is 6.06. The molecule has 3 rings (SSSR count). The summed E-state index contributed by atoms with van der Waals surface area (Å²) in [6.07, 6.45) is 4.59. The third kappa shape index (κ3) is 2.48. The van der Waals surface area contributed by atoms with E-state index in [0.29, 0.717) is 0 Å². The van der Waals surface area contributed by atoms with Crippen molar-refractivity contribution in [3.8, 4) is 5.00 Å². The van der Waals surface area contributed by atoms with Crippen LogP contribution in [0.4, 0.5) is 0 Å². The van der Waals surface area contributed by atoms with E-state index in [1.807, 2.05) is 0 Å². The second-order valence-electron chi connectivity index (χ2n) is 5.17. The van der Waals surface area contributed by atoms with E-state index in [0.717, 1.165) is 25.8 Å². The zero-order valence-electron chi connectivity index (χ0n) is 11.2. The number of fused-ring (bicyclic) bond motifs is 3. The SMILES string of the molecule is CCCC(O)CC1NCc2ccsc2-n2cccc21. The Kier molecular flexibility index (Phi) is 3.73. The largest absolute Gasteiger partial charge is 0.393 e. The number of nitrogens with zero attached hydrogens (tertiary/aromatic N) is 1. The summed E-state index contributed by atoms with van der Waals surface area (Å²) in [5, 5.41) is 17.1. The summed E-state index contributed by atoms with van der Waals surface area (Å²) in [6, 6.07) is 6.66. The van der Waals surface area contributed by atoms with E-state index in [-0.39, 0.29) is 12.1 Å². The van der Waals surface area contributed by atoms with E-state index in [4.69, 9.17) is 0 Å². The van der Waals surface area contributed by atoms with Crippen LogP contribution in [0.5, 0.6) is 0 Å². The van der Waals surface area contributed by atoms with Crippen molar-refractivity contribution in [3.63, 3.8) is 0 Å². The molecule has 1 aliphatic heterocycles. The molecule has 0 radical (unpaired) electrons. The van der Waals surface area contributed by atoms with E-state index in [2.05, 4.69) is 46.6 Å². The van der Waals surface area contributed by atoms with Crippen LogP contribution in [0.25, 0.3) is 5.00 Å². The Labute approximate surface area is 117 Å². The molecule has 3 nitrogen and oxygen atoms in total. The van der Waals surface area contributed by atoms with Gasteiger partial charge in [0.1, 0.15) is 5.00 Å². The van der Waals surface area contributed by atoms with Crippen molar-refractivity contribution in [2.45, 2.75) is 44.9 Å². The quantitative estimate of drug-likeness (QED) is 0.899. The van der Waals surface area contributed by atoms with E-state index in [9.17, 15) is 5.11 Å². The van der Waals surface area contributed by atoms with E-state index >= 15 is 0 Å². The monoisotopic (exact) mass is 276 g/mol. The Morgan fingerprint density at radius 3 is 3.26 bits per heavy atom. The molecule has 0 saturated heterocycles. The second kappa shape index (κ2) is 5.49. The number of nitrogens with one attached hydrogen (secondary N) is 1. The van der Waals surface area contributed by atoms with Gasteiger partial charge in [-0.05, 0) is 36.4 Å². The summed E-state index contributed by atoms with van der Waals surface area (Å²) in [4.78, 5) is 0. The Hall–Kier alpha value is -1.10. The van der Waals surface area contributed by atoms with Crippen LogP contribution < -0.4 is 5.32 Å². The molecule has 0 aliphatic carbocycles. The summed E-state index contributed by atoms with van der Waals surface area (Å²) in [6.45, 7) is 2.99. The first-order valence-electron chi connectivity index (χ1n) is 6.95. The molecule has 2 aromatic heterocycles. The van der Waals surface area contributed by atoms with Gasteiger partial charge in [-0.2, -0.15) is 0 Å². The molecule has 0 aromatic carbocycles. The van der Waals surface area contributed by atoms with Gasteiger partial charge in [0.05, 0.1) is 12.1 Å². The third-order valence-corrected chi connectivity index (χ3v) is 4.70. The van der Waals surface area contributed by atoms with Crippen molar-refractivity contribution in [3.05, 3.63) is 41.0 Å². The summed E-state index contributed by atoms with van der Waals surface area (Å²) in [5.41, 5.74) is 2.60. The maximum atomic E-state index is 10.1. The van der Waals surface area contributed by atoms with Gasteiger partial charge in [0.15, 0.2) is 0 Å².